The van der Waals surface area contributed by atoms with Crippen LogP contribution in [0.1, 0.15) is 48.2 Å². The molecule has 9 nitrogen and oxygen atoms in total. The summed E-state index contributed by atoms with van der Waals surface area (Å²) in [5, 5.41) is 3.87. The molecule has 1 saturated carbocycles. The number of rotatable bonds is 6. The Morgan fingerprint density at radius 3 is 2.74 bits per heavy atom. The lowest BCUT2D eigenvalue weighted by Crippen LogP contribution is -2.39. The second kappa shape index (κ2) is 10.2. The summed E-state index contributed by atoms with van der Waals surface area (Å²) in [5.74, 6) is -0.410. The zero-order valence-corrected chi connectivity index (χ0v) is 21.4. The highest BCUT2D eigenvalue weighted by atomic mass is 35.5. The molecule has 5 aromatic heterocycles. The number of aromatic amines is 1. The number of carbonyl (C=O) groups is 1. The molecule has 0 aromatic carbocycles. The Hall–Kier alpha value is -4.12. The number of alkyl halides is 2. The van der Waals surface area contributed by atoms with Gasteiger partial charge in [-0.15, -0.1) is 0 Å². The van der Waals surface area contributed by atoms with E-state index in [2.05, 4.69) is 25.3 Å². The molecule has 0 spiro atoms. The normalized spacial score (nSPS) is 17.7. The van der Waals surface area contributed by atoms with Gasteiger partial charge in [0.05, 0.1) is 28.0 Å². The van der Waals surface area contributed by atoms with Gasteiger partial charge in [-0.1, -0.05) is 11.6 Å². The molecular formula is C27H24ClF2N7O2. The van der Waals surface area contributed by atoms with Gasteiger partial charge in [-0.25, -0.2) is 28.1 Å². The number of hydrogen-bond donors (Lipinski definition) is 2. The summed E-state index contributed by atoms with van der Waals surface area (Å²) in [7, 11) is 0. The first-order valence-corrected chi connectivity index (χ1v) is 13.0. The van der Waals surface area contributed by atoms with E-state index >= 15 is 0 Å². The number of pyridine rings is 3. The fourth-order valence-electron chi connectivity index (χ4n) is 5.36. The molecule has 1 aliphatic rings. The molecule has 39 heavy (non-hydrogen) atoms. The van der Waals surface area contributed by atoms with E-state index in [0.717, 1.165) is 35.6 Å². The smallest absolute Gasteiger partial charge is 0.335 e. The van der Waals surface area contributed by atoms with Crippen molar-refractivity contribution in [1.29, 1.82) is 0 Å². The highest BCUT2D eigenvalue weighted by Gasteiger charge is 2.27. The van der Waals surface area contributed by atoms with E-state index in [-0.39, 0.29) is 28.2 Å². The van der Waals surface area contributed by atoms with Gasteiger partial charge in [0.1, 0.15) is 11.3 Å². The van der Waals surface area contributed by atoms with Gasteiger partial charge >= 0.3 is 5.69 Å². The summed E-state index contributed by atoms with van der Waals surface area (Å²) in [5.41, 5.74) is 1.69. The van der Waals surface area contributed by atoms with Crippen LogP contribution in [0.15, 0.2) is 59.9 Å². The Morgan fingerprint density at radius 2 is 1.95 bits per heavy atom. The second-order valence-corrected chi connectivity index (χ2v) is 10.2. The average molecular weight is 552 g/mol. The van der Waals surface area contributed by atoms with Gasteiger partial charge in [0, 0.05) is 36.6 Å². The standard InChI is InChI=1S/C27H24ClF2N7O2/c28-17-11-20(22(23(29)30)33-12-17)26(38)35-18-5-3-15(4-6-18)14-36-21-2-1-8-32-25(21)37(27(36)39)19-10-16-7-9-31-24(16)34-13-19/h1-2,7-13,15,18,23H,3-6,14H2,(H,31,34)(H,35,38). The van der Waals surface area contributed by atoms with Crippen LogP contribution < -0.4 is 11.0 Å². The molecule has 0 unspecified atom stereocenters. The third-order valence-corrected chi connectivity index (χ3v) is 7.50. The maximum atomic E-state index is 13.6. The Labute approximate surface area is 225 Å². The summed E-state index contributed by atoms with van der Waals surface area (Å²) < 4.78 is 30.0. The number of amides is 1. The van der Waals surface area contributed by atoms with Crippen LogP contribution in [0.25, 0.3) is 27.9 Å². The van der Waals surface area contributed by atoms with Crippen molar-refractivity contribution in [2.24, 2.45) is 5.92 Å². The number of nitrogens with zero attached hydrogens (tertiary/aromatic N) is 5. The first-order chi connectivity index (χ1) is 18.9. The van der Waals surface area contributed by atoms with E-state index in [4.69, 9.17) is 11.6 Å². The number of fused-ring (bicyclic) bond motifs is 2. The number of nitrogens with one attached hydrogen (secondary N) is 2. The van der Waals surface area contributed by atoms with Crippen LogP contribution in [0, 0.1) is 5.92 Å². The van der Waals surface area contributed by atoms with Crippen molar-refractivity contribution in [2.45, 2.75) is 44.7 Å². The Morgan fingerprint density at radius 1 is 1.13 bits per heavy atom. The molecule has 2 N–H and O–H groups in total. The lowest BCUT2D eigenvalue weighted by molar-refractivity contribution is 0.0904. The molecular weight excluding hydrogens is 528 g/mol. The van der Waals surface area contributed by atoms with Crippen molar-refractivity contribution < 1.29 is 13.6 Å². The van der Waals surface area contributed by atoms with Crippen molar-refractivity contribution in [3.05, 3.63) is 81.9 Å². The summed E-state index contributed by atoms with van der Waals surface area (Å²) in [6, 6.07) is 8.54. The molecule has 5 aromatic rings. The monoisotopic (exact) mass is 551 g/mol. The first-order valence-electron chi connectivity index (χ1n) is 12.6. The van der Waals surface area contributed by atoms with Crippen LogP contribution in [0.2, 0.25) is 5.02 Å². The summed E-state index contributed by atoms with van der Waals surface area (Å²) in [4.78, 5) is 42.0. The summed E-state index contributed by atoms with van der Waals surface area (Å²) >= 11 is 5.89. The van der Waals surface area contributed by atoms with E-state index in [0.29, 0.717) is 30.7 Å². The number of halogens is 3. The van der Waals surface area contributed by atoms with Gasteiger partial charge in [0.25, 0.3) is 12.3 Å². The number of hydrogen-bond acceptors (Lipinski definition) is 5. The zero-order valence-electron chi connectivity index (χ0n) is 20.7. The summed E-state index contributed by atoms with van der Waals surface area (Å²) in [6.45, 7) is 0.502. The maximum Gasteiger partial charge on any atom is 0.335 e. The third-order valence-electron chi connectivity index (χ3n) is 7.29. The van der Waals surface area contributed by atoms with Gasteiger partial charge in [0.2, 0.25) is 0 Å². The van der Waals surface area contributed by atoms with E-state index in [9.17, 15) is 18.4 Å². The Balaban J connectivity index is 1.19. The number of imidazole rings is 1. The van der Waals surface area contributed by atoms with Crippen LogP contribution in [0.3, 0.4) is 0 Å². The van der Waals surface area contributed by atoms with E-state index in [1.165, 1.54) is 6.07 Å². The van der Waals surface area contributed by atoms with Crippen molar-refractivity contribution >= 4 is 39.7 Å². The summed E-state index contributed by atoms with van der Waals surface area (Å²) in [6.07, 6.45) is 6.18. The van der Waals surface area contributed by atoms with Crippen LogP contribution in [0.5, 0.6) is 0 Å². The van der Waals surface area contributed by atoms with Crippen LogP contribution in [-0.2, 0) is 6.54 Å². The molecule has 1 fully saturated rings. The lowest BCUT2D eigenvalue weighted by atomic mass is 9.85. The predicted octanol–water partition coefficient (Wildman–Crippen LogP) is 5.04. The number of H-pyrrole nitrogens is 1. The average Bonchev–Trinajstić information content (AvgIpc) is 3.51. The topological polar surface area (TPSA) is 110 Å². The van der Waals surface area contributed by atoms with Crippen molar-refractivity contribution in [3.63, 3.8) is 0 Å². The SMILES string of the molecule is O=C(NC1CCC(Cn2c(=O)n(-c3cnc4[nH]ccc4c3)c3ncccc32)CC1)c1cc(Cl)cnc1C(F)F. The molecule has 200 valence electrons. The molecule has 1 aliphatic carbocycles. The molecule has 5 heterocycles. The molecule has 0 radical (unpaired) electrons. The molecule has 1 amide bonds. The van der Waals surface area contributed by atoms with E-state index < -0.39 is 18.0 Å². The minimum absolute atomic E-state index is 0.121. The van der Waals surface area contributed by atoms with Crippen molar-refractivity contribution in [1.82, 2.24) is 34.4 Å². The van der Waals surface area contributed by atoms with Crippen LogP contribution in [0.4, 0.5) is 8.78 Å². The Kier molecular flexibility index (Phi) is 6.59. The quantitative estimate of drug-likeness (QED) is 0.307. The number of aromatic nitrogens is 6. The molecule has 0 saturated heterocycles. The highest BCUT2D eigenvalue weighted by molar-refractivity contribution is 6.30. The van der Waals surface area contributed by atoms with Gasteiger partial charge in [-0.3, -0.25) is 14.3 Å². The van der Waals surface area contributed by atoms with Crippen molar-refractivity contribution in [2.75, 3.05) is 0 Å². The van der Waals surface area contributed by atoms with Crippen LogP contribution in [-0.4, -0.2) is 41.0 Å². The first kappa shape index (κ1) is 25.2. The maximum absolute atomic E-state index is 13.6. The highest BCUT2D eigenvalue weighted by Crippen LogP contribution is 2.28. The minimum atomic E-state index is -2.88. The van der Waals surface area contributed by atoms with Crippen molar-refractivity contribution in [3.8, 4) is 5.69 Å². The minimum Gasteiger partial charge on any atom is -0.349 e. The fourth-order valence-corrected chi connectivity index (χ4v) is 5.52. The Bertz CT molecular complexity index is 1740. The molecule has 6 rings (SSSR count). The van der Waals surface area contributed by atoms with Gasteiger partial charge < -0.3 is 10.3 Å². The molecule has 0 aliphatic heterocycles. The van der Waals surface area contributed by atoms with Gasteiger partial charge in [0.15, 0.2) is 5.65 Å². The number of carbonyl (C=O) groups excluding carboxylic acids is 1. The van der Waals surface area contributed by atoms with Gasteiger partial charge in [-0.2, -0.15) is 0 Å². The predicted molar refractivity (Wildman–Crippen MR) is 142 cm³/mol. The second-order valence-electron chi connectivity index (χ2n) is 9.76. The zero-order chi connectivity index (χ0) is 27.1. The van der Waals surface area contributed by atoms with E-state index in [1.54, 1.807) is 33.8 Å². The van der Waals surface area contributed by atoms with Crippen LogP contribution >= 0.6 is 11.6 Å². The van der Waals surface area contributed by atoms with E-state index in [1.807, 2.05) is 18.2 Å². The largest absolute Gasteiger partial charge is 0.349 e. The lowest BCUT2D eigenvalue weighted by Gasteiger charge is -2.29. The molecule has 12 heteroatoms. The molecule has 0 atom stereocenters. The third kappa shape index (κ3) is 4.78. The molecule has 0 bridgehead atoms. The van der Waals surface area contributed by atoms with Gasteiger partial charge in [-0.05, 0) is 61.9 Å². The fraction of sp³-hybridized carbons (Fsp3) is 0.296.